The Hall–Kier alpha value is -2.48. The number of hydrogen-bond donors (Lipinski definition) is 0. The van der Waals surface area contributed by atoms with Gasteiger partial charge in [0.15, 0.2) is 10.9 Å². The van der Waals surface area contributed by atoms with Crippen LogP contribution in [0.3, 0.4) is 0 Å². The van der Waals surface area contributed by atoms with Crippen LogP contribution < -0.4 is 9.64 Å². The molecular formula is C25H29N3O3S. The zero-order valence-electron chi connectivity index (χ0n) is 18.5. The highest BCUT2D eigenvalue weighted by molar-refractivity contribution is 7.15. The molecule has 5 rings (SSSR count). The van der Waals surface area contributed by atoms with Crippen LogP contribution in [0.1, 0.15) is 28.1 Å². The fourth-order valence-corrected chi connectivity index (χ4v) is 5.65. The maximum Gasteiger partial charge on any atom is 0.185 e. The summed E-state index contributed by atoms with van der Waals surface area (Å²) in [4.78, 5) is 23.9. The van der Waals surface area contributed by atoms with E-state index in [-0.39, 0.29) is 11.7 Å². The van der Waals surface area contributed by atoms with Gasteiger partial charge in [-0.15, -0.1) is 11.3 Å². The molecule has 0 amide bonds. The lowest BCUT2D eigenvalue weighted by atomic mass is 9.89. The van der Waals surface area contributed by atoms with Crippen LogP contribution in [0.5, 0.6) is 5.75 Å². The van der Waals surface area contributed by atoms with Gasteiger partial charge in [0, 0.05) is 48.7 Å². The molecule has 2 aliphatic rings. The summed E-state index contributed by atoms with van der Waals surface area (Å²) in [5.41, 5.74) is 0.807. The maximum atomic E-state index is 13.3. The van der Waals surface area contributed by atoms with Gasteiger partial charge in [0.25, 0.3) is 0 Å². The second-order valence-corrected chi connectivity index (χ2v) is 9.67. The van der Waals surface area contributed by atoms with Crippen molar-refractivity contribution < 1.29 is 14.3 Å². The third-order valence-electron chi connectivity index (χ3n) is 6.41. The van der Waals surface area contributed by atoms with Gasteiger partial charge >= 0.3 is 0 Å². The van der Waals surface area contributed by atoms with Gasteiger partial charge in [0.05, 0.1) is 20.3 Å². The van der Waals surface area contributed by atoms with E-state index in [2.05, 4.69) is 14.8 Å². The van der Waals surface area contributed by atoms with Gasteiger partial charge in [-0.2, -0.15) is 0 Å². The number of piperidine rings is 1. The standard InChI is InChI=1S/C25H29N3O3S/c1-30-22-7-6-18-13-20(5-4-19(18)14-22)24(29)21-3-2-8-27(16-21)17-23-15-26-25(32-23)28-9-11-31-12-10-28/h4-7,13-15,21H,2-3,8-12,16-17H2,1H3/t21-/m1/s1. The van der Waals surface area contributed by atoms with Crippen LogP contribution in [-0.2, 0) is 11.3 Å². The Morgan fingerprint density at radius 1 is 1.16 bits per heavy atom. The van der Waals surface area contributed by atoms with E-state index in [1.165, 1.54) is 4.88 Å². The minimum Gasteiger partial charge on any atom is -0.497 e. The number of ether oxygens (including phenoxy) is 2. The molecule has 0 saturated carbocycles. The highest BCUT2D eigenvalue weighted by Crippen LogP contribution is 2.28. The number of rotatable bonds is 6. The number of hydrogen-bond acceptors (Lipinski definition) is 7. The number of ketones is 1. The third kappa shape index (κ3) is 4.65. The summed E-state index contributed by atoms with van der Waals surface area (Å²) < 4.78 is 10.8. The van der Waals surface area contributed by atoms with E-state index >= 15 is 0 Å². The Morgan fingerprint density at radius 2 is 1.97 bits per heavy atom. The minimum atomic E-state index is 0.0473. The van der Waals surface area contributed by atoms with Crippen LogP contribution in [0.4, 0.5) is 5.13 Å². The smallest absolute Gasteiger partial charge is 0.185 e. The molecule has 2 saturated heterocycles. The number of Topliss-reactive ketones (excluding diaryl/α,β-unsaturated/α-hetero) is 1. The van der Waals surface area contributed by atoms with Crippen molar-refractivity contribution in [1.29, 1.82) is 0 Å². The van der Waals surface area contributed by atoms with E-state index in [1.807, 2.05) is 42.6 Å². The predicted molar refractivity (Wildman–Crippen MR) is 128 cm³/mol. The number of anilines is 1. The number of aromatic nitrogens is 1. The molecular weight excluding hydrogens is 422 g/mol. The summed E-state index contributed by atoms with van der Waals surface area (Å²) in [5, 5.41) is 3.25. The second kappa shape index (κ2) is 9.57. The zero-order valence-corrected chi connectivity index (χ0v) is 19.3. The number of thiazole rings is 1. The summed E-state index contributed by atoms with van der Waals surface area (Å²) in [6, 6.07) is 12.0. The van der Waals surface area contributed by atoms with E-state index < -0.39 is 0 Å². The molecule has 0 radical (unpaired) electrons. The normalized spacial score (nSPS) is 19.9. The minimum absolute atomic E-state index is 0.0473. The Balaban J connectivity index is 1.24. The first-order valence-electron chi connectivity index (χ1n) is 11.3. The molecule has 2 aliphatic heterocycles. The first-order chi connectivity index (χ1) is 15.7. The number of carbonyl (C=O) groups excluding carboxylic acids is 1. The molecule has 3 heterocycles. The van der Waals surface area contributed by atoms with Crippen LogP contribution >= 0.6 is 11.3 Å². The summed E-state index contributed by atoms with van der Waals surface area (Å²) >= 11 is 1.77. The van der Waals surface area contributed by atoms with Crippen LogP contribution in [0.2, 0.25) is 0 Å². The number of likely N-dealkylation sites (tertiary alicyclic amines) is 1. The lowest BCUT2D eigenvalue weighted by Crippen LogP contribution is -2.38. The number of carbonyl (C=O) groups is 1. The van der Waals surface area contributed by atoms with Gasteiger partial charge in [-0.3, -0.25) is 9.69 Å². The van der Waals surface area contributed by atoms with E-state index in [4.69, 9.17) is 9.47 Å². The lowest BCUT2D eigenvalue weighted by molar-refractivity contribution is 0.0813. The van der Waals surface area contributed by atoms with Crippen molar-refractivity contribution in [2.45, 2.75) is 19.4 Å². The van der Waals surface area contributed by atoms with Crippen molar-refractivity contribution in [3.63, 3.8) is 0 Å². The quantitative estimate of drug-likeness (QED) is 0.523. The van der Waals surface area contributed by atoms with E-state index in [1.54, 1.807) is 18.4 Å². The van der Waals surface area contributed by atoms with Crippen LogP contribution in [-0.4, -0.2) is 62.2 Å². The average molecular weight is 452 g/mol. The molecule has 32 heavy (non-hydrogen) atoms. The fraction of sp³-hybridized carbons (Fsp3) is 0.440. The van der Waals surface area contributed by atoms with Crippen molar-refractivity contribution >= 4 is 33.0 Å². The molecule has 2 aromatic carbocycles. The number of methoxy groups -OCH3 is 1. The molecule has 6 nitrogen and oxygen atoms in total. The van der Waals surface area contributed by atoms with Crippen molar-refractivity contribution in [1.82, 2.24) is 9.88 Å². The molecule has 1 aromatic heterocycles. The van der Waals surface area contributed by atoms with E-state index in [0.29, 0.717) is 0 Å². The van der Waals surface area contributed by atoms with Crippen molar-refractivity contribution in [3.8, 4) is 5.75 Å². The third-order valence-corrected chi connectivity index (χ3v) is 7.45. The Labute approximate surface area is 192 Å². The second-order valence-electron chi connectivity index (χ2n) is 8.57. The first-order valence-corrected chi connectivity index (χ1v) is 12.1. The molecule has 1 atom stereocenters. The monoisotopic (exact) mass is 451 g/mol. The SMILES string of the molecule is COc1ccc2cc(C(=O)[C@@H]3CCCN(Cc4cnc(N5CCOCC5)s4)C3)ccc2c1. The van der Waals surface area contributed by atoms with Crippen LogP contribution in [0.25, 0.3) is 10.8 Å². The van der Waals surface area contributed by atoms with Crippen LogP contribution in [0, 0.1) is 5.92 Å². The molecule has 0 spiro atoms. The van der Waals surface area contributed by atoms with Crippen LogP contribution in [0.15, 0.2) is 42.6 Å². The number of nitrogens with zero attached hydrogens (tertiary/aromatic N) is 3. The van der Waals surface area contributed by atoms with Crippen molar-refractivity contribution in [2.75, 3.05) is 51.4 Å². The van der Waals surface area contributed by atoms with Gasteiger partial charge in [-0.25, -0.2) is 4.98 Å². The first kappa shape index (κ1) is 21.4. The van der Waals surface area contributed by atoms with E-state index in [9.17, 15) is 4.79 Å². The summed E-state index contributed by atoms with van der Waals surface area (Å²) in [6.07, 6.45) is 4.01. The summed E-state index contributed by atoms with van der Waals surface area (Å²) in [5.74, 6) is 1.14. The molecule has 0 bridgehead atoms. The fourth-order valence-electron chi connectivity index (χ4n) is 4.64. The molecule has 168 valence electrons. The Bertz CT molecular complexity index is 1090. The average Bonchev–Trinajstić information content (AvgIpc) is 3.32. The molecule has 2 fully saturated rings. The van der Waals surface area contributed by atoms with Gasteiger partial charge in [-0.1, -0.05) is 18.2 Å². The molecule has 0 unspecified atom stereocenters. The van der Waals surface area contributed by atoms with Gasteiger partial charge < -0.3 is 14.4 Å². The molecule has 0 aliphatic carbocycles. The van der Waals surface area contributed by atoms with E-state index in [0.717, 1.165) is 86.0 Å². The highest BCUT2D eigenvalue weighted by atomic mass is 32.1. The predicted octanol–water partition coefficient (Wildman–Crippen LogP) is 4.24. The number of fused-ring (bicyclic) bond motifs is 1. The number of benzene rings is 2. The van der Waals surface area contributed by atoms with Gasteiger partial charge in [-0.05, 0) is 48.4 Å². The Morgan fingerprint density at radius 3 is 2.81 bits per heavy atom. The summed E-state index contributed by atoms with van der Waals surface area (Å²) in [6.45, 7) is 6.07. The largest absolute Gasteiger partial charge is 0.497 e. The molecule has 3 aromatic rings. The van der Waals surface area contributed by atoms with Gasteiger partial charge in [0.2, 0.25) is 0 Å². The lowest BCUT2D eigenvalue weighted by Gasteiger charge is -2.31. The molecule has 7 heteroatoms. The zero-order chi connectivity index (χ0) is 21.9. The maximum absolute atomic E-state index is 13.3. The summed E-state index contributed by atoms with van der Waals surface area (Å²) in [7, 11) is 1.67. The molecule has 0 N–H and O–H groups in total. The van der Waals surface area contributed by atoms with Crippen molar-refractivity contribution in [2.24, 2.45) is 5.92 Å². The van der Waals surface area contributed by atoms with Gasteiger partial charge in [0.1, 0.15) is 5.75 Å². The highest BCUT2D eigenvalue weighted by Gasteiger charge is 2.27. The number of morpholine rings is 1. The topological polar surface area (TPSA) is 54.9 Å². The van der Waals surface area contributed by atoms with Crippen molar-refractivity contribution in [3.05, 3.63) is 53.0 Å². The Kier molecular flexibility index (Phi) is 6.39.